The third-order valence-electron chi connectivity index (χ3n) is 5.20. The fourth-order valence-corrected chi connectivity index (χ4v) is 3.93. The van der Waals surface area contributed by atoms with Crippen LogP contribution in [0.15, 0.2) is 77.3 Å². The molecule has 0 radical (unpaired) electrons. The van der Waals surface area contributed by atoms with Crippen molar-refractivity contribution in [2.24, 2.45) is 0 Å². The number of ether oxygens (including phenoxy) is 1. The van der Waals surface area contributed by atoms with Crippen LogP contribution < -0.4 is 4.74 Å². The Morgan fingerprint density at radius 2 is 1.59 bits per heavy atom. The van der Waals surface area contributed by atoms with Crippen molar-refractivity contribution >= 4 is 15.9 Å². The highest BCUT2D eigenvalue weighted by Crippen LogP contribution is 2.42. The summed E-state index contributed by atoms with van der Waals surface area (Å²) in [6.45, 7) is 2.48. The molecule has 0 saturated heterocycles. The molecule has 0 unspecified atom stereocenters. The van der Waals surface area contributed by atoms with Gasteiger partial charge in [-0.1, -0.05) is 57.9 Å². The lowest BCUT2D eigenvalue weighted by Crippen LogP contribution is -2.10. The number of aromatic nitrogens is 1. The highest BCUT2D eigenvalue weighted by atomic mass is 79.9. The molecule has 2 heterocycles. The van der Waals surface area contributed by atoms with Crippen molar-refractivity contribution in [2.75, 3.05) is 0 Å². The highest BCUT2D eigenvalue weighted by molar-refractivity contribution is 9.10. The zero-order chi connectivity index (χ0) is 20.0. The van der Waals surface area contributed by atoms with E-state index < -0.39 is 0 Å². The maximum atomic E-state index is 14.0. The molecular formula is C25H17BrFNO. The number of hydrogen-bond donors (Lipinski definition) is 0. The van der Waals surface area contributed by atoms with E-state index >= 15 is 0 Å². The molecule has 0 atom stereocenters. The Hall–Kier alpha value is -2.98. The van der Waals surface area contributed by atoms with Crippen molar-refractivity contribution < 1.29 is 9.13 Å². The van der Waals surface area contributed by atoms with Gasteiger partial charge in [0.2, 0.25) is 0 Å². The van der Waals surface area contributed by atoms with Gasteiger partial charge in [-0.3, -0.25) is 0 Å². The largest absolute Gasteiger partial charge is 0.488 e. The summed E-state index contributed by atoms with van der Waals surface area (Å²) < 4.78 is 21.0. The minimum Gasteiger partial charge on any atom is -0.488 e. The van der Waals surface area contributed by atoms with Crippen molar-refractivity contribution in [3.05, 3.63) is 94.2 Å². The summed E-state index contributed by atoms with van der Waals surface area (Å²) in [6.07, 6.45) is 0. The molecular weight excluding hydrogens is 429 g/mol. The molecule has 142 valence electrons. The van der Waals surface area contributed by atoms with E-state index in [2.05, 4.69) is 53.2 Å². The standard InChI is InChI=1S/C25H17BrFNO/c1-15-2-4-16(5-3-15)20-13-23(17-6-8-18(26)9-7-17)28-25-21-12-19(27)10-11-24(21)29-14-22(20)25/h2-13H,14H2,1H3. The number of halogens is 2. The molecule has 0 bridgehead atoms. The minimum absolute atomic E-state index is 0.298. The highest BCUT2D eigenvalue weighted by Gasteiger charge is 2.24. The maximum absolute atomic E-state index is 14.0. The Balaban J connectivity index is 1.79. The second-order valence-electron chi connectivity index (χ2n) is 7.18. The first-order valence-electron chi connectivity index (χ1n) is 9.38. The molecule has 1 aromatic heterocycles. The average Bonchev–Trinajstić information content (AvgIpc) is 2.74. The number of nitrogens with zero attached hydrogens (tertiary/aromatic N) is 1. The third-order valence-corrected chi connectivity index (χ3v) is 5.72. The number of rotatable bonds is 2. The smallest absolute Gasteiger partial charge is 0.129 e. The van der Waals surface area contributed by atoms with Crippen LogP contribution in [0.2, 0.25) is 0 Å². The van der Waals surface area contributed by atoms with Gasteiger partial charge < -0.3 is 4.74 Å². The number of fused-ring (bicyclic) bond motifs is 3. The lowest BCUT2D eigenvalue weighted by molar-refractivity contribution is 0.301. The zero-order valence-electron chi connectivity index (χ0n) is 15.7. The van der Waals surface area contributed by atoms with Crippen LogP contribution in [0, 0.1) is 12.7 Å². The average molecular weight is 446 g/mol. The molecule has 4 heteroatoms. The van der Waals surface area contributed by atoms with Crippen molar-refractivity contribution in [2.45, 2.75) is 13.5 Å². The van der Waals surface area contributed by atoms with Crippen LogP contribution in [0.4, 0.5) is 4.39 Å². The lowest BCUT2D eigenvalue weighted by atomic mass is 9.92. The molecule has 2 nitrogen and oxygen atoms in total. The molecule has 0 amide bonds. The van der Waals surface area contributed by atoms with Crippen LogP contribution in [0.3, 0.4) is 0 Å². The van der Waals surface area contributed by atoms with Gasteiger partial charge in [0, 0.05) is 21.2 Å². The van der Waals surface area contributed by atoms with Crippen molar-refractivity contribution in [1.82, 2.24) is 4.98 Å². The molecule has 29 heavy (non-hydrogen) atoms. The van der Waals surface area contributed by atoms with Crippen molar-refractivity contribution in [3.8, 4) is 39.4 Å². The first-order chi connectivity index (χ1) is 14.1. The fourth-order valence-electron chi connectivity index (χ4n) is 3.66. The molecule has 1 aliphatic heterocycles. The van der Waals surface area contributed by atoms with E-state index in [1.165, 1.54) is 17.7 Å². The molecule has 0 fully saturated rings. The predicted molar refractivity (Wildman–Crippen MR) is 117 cm³/mol. The van der Waals surface area contributed by atoms with Crippen molar-refractivity contribution in [1.29, 1.82) is 0 Å². The predicted octanol–water partition coefficient (Wildman–Crippen LogP) is 7.19. The van der Waals surface area contributed by atoms with Gasteiger partial charge >= 0.3 is 0 Å². The second kappa shape index (κ2) is 7.12. The molecule has 0 aliphatic carbocycles. The number of pyridine rings is 1. The Morgan fingerprint density at radius 3 is 2.34 bits per heavy atom. The summed E-state index contributed by atoms with van der Waals surface area (Å²) in [5, 5.41) is 0. The summed E-state index contributed by atoms with van der Waals surface area (Å²) in [4.78, 5) is 4.94. The third kappa shape index (κ3) is 3.34. The van der Waals surface area contributed by atoms with E-state index in [0.29, 0.717) is 17.9 Å². The van der Waals surface area contributed by atoms with Gasteiger partial charge in [-0.15, -0.1) is 0 Å². The summed E-state index contributed by atoms with van der Waals surface area (Å²) in [5.41, 5.74) is 7.67. The quantitative estimate of drug-likeness (QED) is 0.325. The van der Waals surface area contributed by atoms with E-state index in [0.717, 1.165) is 38.1 Å². The molecule has 5 rings (SSSR count). The Labute approximate surface area is 177 Å². The van der Waals surface area contributed by atoms with E-state index in [-0.39, 0.29) is 5.82 Å². The Morgan fingerprint density at radius 1 is 0.862 bits per heavy atom. The summed E-state index contributed by atoms with van der Waals surface area (Å²) in [6, 6.07) is 23.2. The fraction of sp³-hybridized carbons (Fsp3) is 0.0800. The maximum Gasteiger partial charge on any atom is 0.129 e. The minimum atomic E-state index is -0.298. The Bertz CT molecular complexity index is 1220. The van der Waals surface area contributed by atoms with Crippen LogP contribution in [0.5, 0.6) is 5.75 Å². The summed E-state index contributed by atoms with van der Waals surface area (Å²) in [5.74, 6) is 0.363. The molecule has 3 aromatic carbocycles. The van der Waals surface area contributed by atoms with Gasteiger partial charge in [0.15, 0.2) is 0 Å². The van der Waals surface area contributed by atoms with Crippen molar-refractivity contribution in [3.63, 3.8) is 0 Å². The van der Waals surface area contributed by atoms with E-state index in [1.807, 2.05) is 24.3 Å². The van der Waals surface area contributed by atoms with Crippen LogP contribution in [0.1, 0.15) is 11.1 Å². The van der Waals surface area contributed by atoms with Gasteiger partial charge in [-0.25, -0.2) is 9.37 Å². The summed E-state index contributed by atoms with van der Waals surface area (Å²) in [7, 11) is 0. The first-order valence-corrected chi connectivity index (χ1v) is 10.2. The van der Waals surface area contributed by atoms with Gasteiger partial charge in [0.25, 0.3) is 0 Å². The van der Waals surface area contributed by atoms with Gasteiger partial charge in [-0.2, -0.15) is 0 Å². The number of aryl methyl sites for hydroxylation is 1. The number of benzene rings is 3. The second-order valence-corrected chi connectivity index (χ2v) is 8.10. The SMILES string of the molecule is Cc1ccc(-c2cc(-c3ccc(Br)cc3)nc3c2COc2ccc(F)cc2-3)cc1. The first kappa shape index (κ1) is 18.1. The normalized spacial score (nSPS) is 12.1. The molecule has 1 aliphatic rings. The van der Waals surface area contributed by atoms with Crippen LogP contribution in [-0.4, -0.2) is 4.98 Å². The monoisotopic (exact) mass is 445 g/mol. The lowest BCUT2D eigenvalue weighted by Gasteiger charge is -2.24. The molecule has 0 N–H and O–H groups in total. The van der Waals surface area contributed by atoms with E-state index in [9.17, 15) is 4.39 Å². The topological polar surface area (TPSA) is 22.1 Å². The van der Waals surface area contributed by atoms with Gasteiger partial charge in [0.05, 0.1) is 11.4 Å². The molecule has 0 saturated carbocycles. The van der Waals surface area contributed by atoms with Crippen LogP contribution in [-0.2, 0) is 6.61 Å². The Kier molecular flexibility index (Phi) is 4.44. The van der Waals surface area contributed by atoms with Gasteiger partial charge in [-0.05, 0) is 54.4 Å². The van der Waals surface area contributed by atoms with Crippen LogP contribution in [0.25, 0.3) is 33.6 Å². The van der Waals surface area contributed by atoms with E-state index in [1.54, 1.807) is 6.07 Å². The molecule has 4 aromatic rings. The van der Waals surface area contributed by atoms with Crippen LogP contribution >= 0.6 is 15.9 Å². The summed E-state index contributed by atoms with van der Waals surface area (Å²) >= 11 is 3.49. The number of hydrogen-bond acceptors (Lipinski definition) is 2. The van der Waals surface area contributed by atoms with E-state index in [4.69, 9.17) is 9.72 Å². The molecule has 0 spiro atoms. The van der Waals surface area contributed by atoms with Gasteiger partial charge in [0.1, 0.15) is 18.2 Å². The zero-order valence-corrected chi connectivity index (χ0v) is 17.3.